The van der Waals surface area contributed by atoms with Gasteiger partial charge in [0.25, 0.3) is 0 Å². The lowest BCUT2D eigenvalue weighted by Gasteiger charge is -2.26. The Bertz CT molecular complexity index is 636. The van der Waals surface area contributed by atoms with Crippen LogP contribution in [0.15, 0.2) is 29.3 Å². The minimum atomic E-state index is -0.269. The molecule has 3 N–H and O–H groups in total. The summed E-state index contributed by atoms with van der Waals surface area (Å²) in [6, 6.07) is 7.80. The Morgan fingerprint density at radius 2 is 2.12 bits per heavy atom. The first-order chi connectivity index (χ1) is 11.5. The zero-order valence-electron chi connectivity index (χ0n) is 14.7. The van der Waals surface area contributed by atoms with Gasteiger partial charge in [-0.3, -0.25) is 14.6 Å². The van der Waals surface area contributed by atoms with Crippen LogP contribution in [0.25, 0.3) is 0 Å². The number of nitrogens with zero attached hydrogens (tertiary/aromatic N) is 1. The summed E-state index contributed by atoms with van der Waals surface area (Å²) in [5, 5.41) is 9.20. The van der Waals surface area contributed by atoms with Crippen LogP contribution in [-0.4, -0.2) is 45.1 Å². The van der Waals surface area contributed by atoms with Gasteiger partial charge in [-0.25, -0.2) is 0 Å². The molecule has 0 aromatic heterocycles. The summed E-state index contributed by atoms with van der Waals surface area (Å²) in [5.41, 5.74) is 1.98. The number of carbonyl (C=O) groups is 2. The largest absolute Gasteiger partial charge is 0.469 e. The quantitative estimate of drug-likeness (QED) is 0.269. The molecular weight excluding hydrogens is 435 g/mol. The highest BCUT2D eigenvalue weighted by molar-refractivity contribution is 14.0. The van der Waals surface area contributed by atoms with Gasteiger partial charge in [0.1, 0.15) is 0 Å². The van der Waals surface area contributed by atoms with Crippen molar-refractivity contribution in [1.82, 2.24) is 10.6 Å². The molecule has 1 aliphatic heterocycles. The molecule has 2 unspecified atom stereocenters. The van der Waals surface area contributed by atoms with Gasteiger partial charge in [0.15, 0.2) is 5.96 Å². The van der Waals surface area contributed by atoms with Crippen LogP contribution in [0, 0.1) is 5.92 Å². The predicted octanol–water partition coefficient (Wildman–Crippen LogP) is 1.70. The molecule has 0 saturated heterocycles. The average molecular weight is 460 g/mol. The van der Waals surface area contributed by atoms with E-state index in [-0.39, 0.29) is 47.7 Å². The van der Waals surface area contributed by atoms with Crippen LogP contribution in [0.5, 0.6) is 0 Å². The Hall–Kier alpha value is -1.84. The number of nitrogens with one attached hydrogen (secondary N) is 3. The number of amides is 1. The van der Waals surface area contributed by atoms with E-state index in [2.05, 4.69) is 20.9 Å². The van der Waals surface area contributed by atoms with Crippen molar-refractivity contribution in [2.75, 3.05) is 32.6 Å². The fourth-order valence-corrected chi connectivity index (χ4v) is 2.66. The Kier molecular flexibility index (Phi) is 8.67. The second-order valence-corrected chi connectivity index (χ2v) is 5.79. The molecule has 8 heteroatoms. The first-order valence-electron chi connectivity index (χ1n) is 7.96. The maximum absolute atomic E-state index is 11.8. The van der Waals surface area contributed by atoms with Crippen LogP contribution >= 0.6 is 24.0 Å². The number of hydrogen-bond donors (Lipinski definition) is 3. The first-order valence-corrected chi connectivity index (χ1v) is 7.96. The SMILES string of the molecule is CN=C(NCC(C)C(=O)OC)NCC1CC(=O)Nc2ccccc21.I. The molecule has 1 aromatic carbocycles. The van der Waals surface area contributed by atoms with Gasteiger partial charge in [0.2, 0.25) is 5.91 Å². The Labute approximate surface area is 165 Å². The van der Waals surface area contributed by atoms with Gasteiger partial charge in [0.05, 0.1) is 13.0 Å². The van der Waals surface area contributed by atoms with Crippen molar-refractivity contribution in [3.05, 3.63) is 29.8 Å². The number of halogens is 1. The lowest BCUT2D eigenvalue weighted by atomic mass is 9.90. The number of rotatable bonds is 5. The van der Waals surface area contributed by atoms with Crippen molar-refractivity contribution in [3.63, 3.8) is 0 Å². The van der Waals surface area contributed by atoms with E-state index in [0.29, 0.717) is 25.5 Å². The second-order valence-electron chi connectivity index (χ2n) is 5.79. The lowest BCUT2D eigenvalue weighted by molar-refractivity contribution is -0.144. The summed E-state index contributed by atoms with van der Waals surface area (Å²) in [6.45, 7) is 2.79. The summed E-state index contributed by atoms with van der Waals surface area (Å²) in [6.07, 6.45) is 0.430. The van der Waals surface area contributed by atoms with E-state index >= 15 is 0 Å². The molecule has 0 saturated carbocycles. The van der Waals surface area contributed by atoms with E-state index in [1.165, 1.54) is 7.11 Å². The summed E-state index contributed by atoms with van der Waals surface area (Å²) in [7, 11) is 3.04. The van der Waals surface area contributed by atoms with E-state index in [1.807, 2.05) is 24.3 Å². The molecule has 1 aliphatic rings. The van der Waals surface area contributed by atoms with Crippen molar-refractivity contribution in [1.29, 1.82) is 0 Å². The highest BCUT2D eigenvalue weighted by atomic mass is 127. The third-order valence-corrected chi connectivity index (χ3v) is 4.03. The van der Waals surface area contributed by atoms with E-state index in [0.717, 1.165) is 11.3 Å². The minimum absolute atomic E-state index is 0. The van der Waals surface area contributed by atoms with Gasteiger partial charge in [0, 0.05) is 38.2 Å². The Morgan fingerprint density at radius 1 is 1.40 bits per heavy atom. The average Bonchev–Trinajstić information content (AvgIpc) is 2.60. The van der Waals surface area contributed by atoms with E-state index < -0.39 is 0 Å². The number of methoxy groups -OCH3 is 1. The van der Waals surface area contributed by atoms with E-state index in [1.54, 1.807) is 14.0 Å². The summed E-state index contributed by atoms with van der Waals surface area (Å²) < 4.78 is 4.70. The van der Waals surface area contributed by atoms with Crippen molar-refractivity contribution in [2.45, 2.75) is 19.3 Å². The van der Waals surface area contributed by atoms with Crippen LogP contribution in [0.2, 0.25) is 0 Å². The van der Waals surface area contributed by atoms with Crippen molar-refractivity contribution in [2.24, 2.45) is 10.9 Å². The molecule has 2 atom stereocenters. The maximum atomic E-state index is 11.8. The monoisotopic (exact) mass is 460 g/mol. The number of anilines is 1. The standard InChI is InChI=1S/C17H24N4O3.HI/c1-11(16(23)24-3)9-19-17(18-2)20-10-12-8-15(22)21-14-7-5-4-6-13(12)14;/h4-7,11-12H,8-10H2,1-3H3,(H,21,22)(H2,18,19,20);1H. The normalized spacial score (nSPS) is 17.5. The molecule has 1 amide bonds. The molecule has 1 aromatic rings. The van der Waals surface area contributed by atoms with Crippen LogP contribution in [0.1, 0.15) is 24.8 Å². The van der Waals surface area contributed by atoms with Gasteiger partial charge < -0.3 is 20.7 Å². The highest BCUT2D eigenvalue weighted by Crippen LogP contribution is 2.31. The highest BCUT2D eigenvalue weighted by Gasteiger charge is 2.24. The maximum Gasteiger partial charge on any atom is 0.310 e. The minimum Gasteiger partial charge on any atom is -0.469 e. The third kappa shape index (κ3) is 5.87. The van der Waals surface area contributed by atoms with Crippen molar-refractivity contribution < 1.29 is 14.3 Å². The molecule has 0 fully saturated rings. The Balaban J connectivity index is 0.00000312. The molecule has 138 valence electrons. The van der Waals surface area contributed by atoms with Crippen molar-refractivity contribution >= 4 is 47.5 Å². The Morgan fingerprint density at radius 3 is 2.80 bits per heavy atom. The lowest BCUT2D eigenvalue weighted by Crippen LogP contribution is -2.43. The van der Waals surface area contributed by atoms with E-state index in [9.17, 15) is 9.59 Å². The molecule has 0 spiro atoms. The molecule has 1 heterocycles. The third-order valence-electron chi connectivity index (χ3n) is 4.03. The molecule has 0 aliphatic carbocycles. The molecule has 0 bridgehead atoms. The van der Waals surface area contributed by atoms with Gasteiger partial charge in [-0.2, -0.15) is 0 Å². The molecule has 0 radical (unpaired) electrons. The number of para-hydroxylation sites is 1. The molecule has 25 heavy (non-hydrogen) atoms. The number of fused-ring (bicyclic) bond motifs is 1. The summed E-state index contributed by atoms with van der Waals surface area (Å²) >= 11 is 0. The smallest absolute Gasteiger partial charge is 0.310 e. The van der Waals surface area contributed by atoms with Gasteiger partial charge in [-0.05, 0) is 11.6 Å². The van der Waals surface area contributed by atoms with Gasteiger partial charge in [-0.15, -0.1) is 24.0 Å². The number of esters is 1. The van der Waals surface area contributed by atoms with E-state index in [4.69, 9.17) is 4.74 Å². The fraction of sp³-hybridized carbons (Fsp3) is 0.471. The van der Waals surface area contributed by atoms with Gasteiger partial charge in [-0.1, -0.05) is 25.1 Å². The van der Waals surface area contributed by atoms with Gasteiger partial charge >= 0.3 is 5.97 Å². The first kappa shape index (κ1) is 21.2. The number of aliphatic imine (C=N–C) groups is 1. The van der Waals surface area contributed by atoms with Crippen LogP contribution in [-0.2, 0) is 14.3 Å². The zero-order chi connectivity index (χ0) is 17.5. The second kappa shape index (κ2) is 10.2. The van der Waals surface area contributed by atoms with Crippen LogP contribution in [0.3, 0.4) is 0 Å². The summed E-state index contributed by atoms with van der Waals surface area (Å²) in [4.78, 5) is 27.4. The summed E-state index contributed by atoms with van der Waals surface area (Å²) in [5.74, 6) is 0.147. The molecule has 7 nitrogen and oxygen atoms in total. The number of carbonyl (C=O) groups excluding carboxylic acids is 2. The number of ether oxygens (including phenoxy) is 1. The fourth-order valence-electron chi connectivity index (χ4n) is 2.66. The number of hydrogen-bond acceptors (Lipinski definition) is 4. The number of benzene rings is 1. The molecule has 2 rings (SSSR count). The molecular formula is C17H25IN4O3. The van der Waals surface area contributed by atoms with Crippen LogP contribution in [0.4, 0.5) is 5.69 Å². The van der Waals surface area contributed by atoms with Crippen molar-refractivity contribution in [3.8, 4) is 0 Å². The zero-order valence-corrected chi connectivity index (χ0v) is 17.0. The topological polar surface area (TPSA) is 91.8 Å². The predicted molar refractivity (Wildman–Crippen MR) is 108 cm³/mol. The number of guanidine groups is 1. The van der Waals surface area contributed by atoms with Crippen LogP contribution < -0.4 is 16.0 Å².